The summed E-state index contributed by atoms with van der Waals surface area (Å²) in [4.78, 5) is 14.1. The van der Waals surface area contributed by atoms with Gasteiger partial charge in [-0.25, -0.2) is 9.18 Å². The first-order chi connectivity index (χ1) is 14.9. The lowest BCUT2D eigenvalue weighted by molar-refractivity contribution is -0.330. The van der Waals surface area contributed by atoms with Crippen LogP contribution in [0.1, 0.15) is 0 Å². The van der Waals surface area contributed by atoms with Gasteiger partial charge in [-0.3, -0.25) is 0 Å². The molecule has 0 spiro atoms. The number of rotatable bonds is 5. The fourth-order valence-corrected chi connectivity index (χ4v) is 5.12. The topological polar surface area (TPSA) is 26.3 Å². The summed E-state index contributed by atoms with van der Waals surface area (Å²) < 4.78 is 94.2. The Morgan fingerprint density at radius 2 is 0.969 bits per heavy atom. The summed E-state index contributed by atoms with van der Waals surface area (Å²) in [6.45, 7) is 0. The molecule has 2 nitrogen and oxygen atoms in total. The molecule has 0 aliphatic heterocycles. The number of carbonyl (C=O) groups is 1. The predicted octanol–water partition coefficient (Wildman–Crippen LogP) is 6.90. The molecule has 3 aromatic carbocycles. The summed E-state index contributed by atoms with van der Waals surface area (Å²) in [6, 6.07) is 23.4. The molecule has 3 rings (SSSR count). The smallest absolute Gasteiger partial charge is 0.424 e. The van der Waals surface area contributed by atoms with E-state index < -0.39 is 40.6 Å². The van der Waals surface area contributed by atoms with Gasteiger partial charge in [0.1, 0.15) is 5.75 Å². The van der Waals surface area contributed by atoms with Gasteiger partial charge < -0.3 is 4.74 Å². The van der Waals surface area contributed by atoms with Gasteiger partial charge in [-0.15, -0.1) is 0 Å². The molecule has 0 unspecified atom stereocenters. The third kappa shape index (κ3) is 4.59. The van der Waals surface area contributed by atoms with Crippen LogP contribution >= 0.6 is 10.9 Å². The van der Waals surface area contributed by atoms with Crippen LogP contribution in [0.3, 0.4) is 0 Å². The van der Waals surface area contributed by atoms with Gasteiger partial charge >= 0.3 is 24.0 Å². The summed E-state index contributed by atoms with van der Waals surface area (Å²) in [5, 5.41) is 0. The quantitative estimate of drug-likeness (QED) is 0.188. The number of benzene rings is 3. The monoisotopic (exact) mass is 476 g/mol. The van der Waals surface area contributed by atoms with Crippen LogP contribution in [-0.4, -0.2) is 24.0 Å². The van der Waals surface area contributed by atoms with Crippen molar-refractivity contribution in [1.29, 1.82) is 0 Å². The second-order valence-corrected chi connectivity index (χ2v) is 8.76. The molecule has 0 saturated heterocycles. The number of esters is 1. The number of alkyl halides is 7. The highest BCUT2D eigenvalue weighted by molar-refractivity contribution is 8.17. The Morgan fingerprint density at radius 1 is 0.594 bits per heavy atom. The maximum absolute atomic E-state index is 13.8. The molecule has 0 heterocycles. The molecular weight excluding hydrogens is 461 g/mol. The first-order valence-corrected chi connectivity index (χ1v) is 10.3. The van der Waals surface area contributed by atoms with Crippen LogP contribution in [0.25, 0.3) is 0 Å². The van der Waals surface area contributed by atoms with Gasteiger partial charge in [-0.1, -0.05) is 36.4 Å². The van der Waals surface area contributed by atoms with Gasteiger partial charge in [0.2, 0.25) is 0 Å². The van der Waals surface area contributed by atoms with Crippen LogP contribution in [-0.2, 0) is 4.79 Å². The van der Waals surface area contributed by atoms with Crippen LogP contribution < -0.4 is 4.74 Å². The fraction of sp³-hybridized carbons (Fsp3) is 0.136. The molecule has 170 valence electrons. The molecule has 10 heteroatoms. The van der Waals surface area contributed by atoms with Crippen molar-refractivity contribution in [2.45, 2.75) is 32.7 Å². The third-order valence-electron chi connectivity index (χ3n) is 4.40. The minimum absolute atomic E-state index is 0.648. The Labute approximate surface area is 181 Å². The average molecular weight is 476 g/mol. The minimum Gasteiger partial charge on any atom is -0.424 e. The van der Waals surface area contributed by atoms with Crippen molar-refractivity contribution < 1.29 is 40.3 Å². The highest BCUT2D eigenvalue weighted by Crippen LogP contribution is 2.51. The Morgan fingerprint density at radius 3 is 1.34 bits per heavy atom. The summed E-state index contributed by atoms with van der Waals surface area (Å²) in [5.41, 5.74) is -6.14. The van der Waals surface area contributed by atoms with Crippen molar-refractivity contribution >= 4 is 16.9 Å². The summed E-state index contributed by atoms with van der Waals surface area (Å²) in [7, 11) is -1.11. The van der Waals surface area contributed by atoms with Crippen LogP contribution in [0.4, 0.5) is 30.7 Å². The van der Waals surface area contributed by atoms with E-state index in [9.17, 15) is 35.5 Å². The van der Waals surface area contributed by atoms with E-state index in [4.69, 9.17) is 0 Å². The van der Waals surface area contributed by atoms with Crippen LogP contribution in [0.5, 0.6) is 5.75 Å². The van der Waals surface area contributed by atoms with Gasteiger partial charge in [0.15, 0.2) is 0 Å². The molecule has 0 radical (unpaired) electrons. The molecule has 3 aromatic rings. The van der Waals surface area contributed by atoms with E-state index in [0.29, 0.717) is 4.90 Å². The fourth-order valence-electron chi connectivity index (χ4n) is 2.83. The number of thiol groups is 1. The molecule has 0 amide bonds. The lowest BCUT2D eigenvalue weighted by atomic mass is 10.1. The molecule has 0 saturated carbocycles. The molecule has 0 bridgehead atoms. The summed E-state index contributed by atoms with van der Waals surface area (Å²) in [5.74, 6) is -3.75. The minimum atomic E-state index is -6.53. The van der Waals surface area contributed by atoms with E-state index >= 15 is 0 Å². The van der Waals surface area contributed by atoms with Gasteiger partial charge in [-0.05, 0) is 63.2 Å². The summed E-state index contributed by atoms with van der Waals surface area (Å²) in [6.07, 6.45) is -13.1. The van der Waals surface area contributed by atoms with Gasteiger partial charge in [0, 0.05) is 0 Å². The molecule has 0 N–H and O–H groups in total. The Balaban J connectivity index is 1.92. The van der Waals surface area contributed by atoms with Crippen LogP contribution in [0, 0.1) is 0 Å². The van der Waals surface area contributed by atoms with Gasteiger partial charge in [0.05, 0.1) is 0 Å². The number of carbonyl (C=O) groups excluding carboxylic acids is 1. The standard InChI is InChI=1S/C22H15F7O2S/c23-20(21(24,25)26,22(27,28)29)19(30)31-15-11-13-18(14-12-15)32(16-7-3-1-4-8-16)17-9-5-2-6-10-17/h1-14,32H. The first kappa shape index (κ1) is 23.6. The van der Waals surface area contributed by atoms with Crippen molar-refractivity contribution in [3.63, 3.8) is 0 Å². The zero-order chi connectivity index (χ0) is 23.6. The van der Waals surface area contributed by atoms with E-state index in [-0.39, 0.29) is 0 Å². The van der Waals surface area contributed by atoms with Gasteiger partial charge in [-0.2, -0.15) is 37.2 Å². The van der Waals surface area contributed by atoms with E-state index in [0.717, 1.165) is 21.9 Å². The molecular formula is C22H15F7O2S. The average Bonchev–Trinajstić information content (AvgIpc) is 2.74. The highest BCUT2D eigenvalue weighted by Gasteiger charge is 2.79. The van der Waals surface area contributed by atoms with Crippen molar-refractivity contribution in [2.24, 2.45) is 0 Å². The normalized spacial score (nSPS) is 12.9. The number of ether oxygens (including phenoxy) is 1. The Hall–Kier alpha value is -3.01. The zero-order valence-corrected chi connectivity index (χ0v) is 16.9. The largest absolute Gasteiger partial charge is 0.442 e. The zero-order valence-electron chi connectivity index (χ0n) is 16.0. The van der Waals surface area contributed by atoms with E-state index in [1.54, 1.807) is 0 Å². The third-order valence-corrected chi connectivity index (χ3v) is 6.84. The molecule has 32 heavy (non-hydrogen) atoms. The van der Waals surface area contributed by atoms with Crippen LogP contribution in [0.2, 0.25) is 0 Å². The number of halogens is 7. The van der Waals surface area contributed by atoms with E-state index in [1.807, 2.05) is 60.7 Å². The predicted molar refractivity (Wildman–Crippen MR) is 105 cm³/mol. The maximum Gasteiger partial charge on any atom is 0.442 e. The maximum atomic E-state index is 13.8. The van der Waals surface area contributed by atoms with Crippen LogP contribution in [0.15, 0.2) is 99.6 Å². The SMILES string of the molecule is O=C(Oc1ccc([SH](c2ccccc2)c2ccccc2)cc1)C(F)(C(F)(F)F)C(F)(F)F. The van der Waals surface area contributed by atoms with Crippen molar-refractivity contribution in [3.8, 4) is 5.75 Å². The van der Waals surface area contributed by atoms with Crippen molar-refractivity contribution in [2.75, 3.05) is 0 Å². The lowest BCUT2D eigenvalue weighted by Crippen LogP contribution is -2.60. The first-order valence-electron chi connectivity index (χ1n) is 9.00. The Kier molecular flexibility index (Phi) is 6.54. The Bertz CT molecular complexity index is 996. The van der Waals surface area contributed by atoms with Gasteiger partial charge in [0.25, 0.3) is 0 Å². The second-order valence-electron chi connectivity index (χ2n) is 6.54. The highest BCUT2D eigenvalue weighted by atomic mass is 32.2. The molecule has 0 aliphatic rings. The molecule has 0 fully saturated rings. The number of hydrogen-bond donors (Lipinski definition) is 1. The van der Waals surface area contributed by atoms with E-state index in [2.05, 4.69) is 4.74 Å². The molecule has 0 aromatic heterocycles. The molecule has 0 atom stereocenters. The lowest BCUT2D eigenvalue weighted by Gasteiger charge is -2.27. The van der Waals surface area contributed by atoms with Crippen molar-refractivity contribution in [3.05, 3.63) is 84.9 Å². The number of hydrogen-bond acceptors (Lipinski definition) is 2. The second kappa shape index (κ2) is 8.85. The van der Waals surface area contributed by atoms with Crippen molar-refractivity contribution in [1.82, 2.24) is 0 Å². The van der Waals surface area contributed by atoms with E-state index in [1.165, 1.54) is 12.1 Å². The summed E-state index contributed by atoms with van der Waals surface area (Å²) >= 11 is 0. The molecule has 0 aliphatic carbocycles.